The number of benzene rings is 1. The van der Waals surface area contributed by atoms with Crippen LogP contribution in [0.25, 0.3) is 11.0 Å². The molecule has 0 aliphatic rings. The van der Waals surface area contributed by atoms with Gasteiger partial charge in [0.25, 0.3) is 5.91 Å². The zero-order valence-corrected chi connectivity index (χ0v) is 13.3. The molecule has 0 bridgehead atoms. The van der Waals surface area contributed by atoms with E-state index in [1.54, 1.807) is 25.1 Å². The van der Waals surface area contributed by atoms with Crippen molar-refractivity contribution in [3.63, 3.8) is 0 Å². The Kier molecular flexibility index (Phi) is 5.71. The molecule has 0 aliphatic heterocycles. The molecule has 1 aromatic carbocycles. The van der Waals surface area contributed by atoms with E-state index in [1.165, 1.54) is 7.11 Å². The highest BCUT2D eigenvalue weighted by Gasteiger charge is 2.27. The lowest BCUT2D eigenvalue weighted by Crippen LogP contribution is -2.26. The van der Waals surface area contributed by atoms with Gasteiger partial charge < -0.3 is 19.2 Å². The molecule has 0 atom stereocenters. The minimum atomic E-state index is -4.34. The molecule has 0 saturated carbocycles. The Hall–Kier alpha value is -2.22. The monoisotopic (exact) mass is 345 g/mol. The highest BCUT2D eigenvalue weighted by molar-refractivity contribution is 6.07. The van der Waals surface area contributed by atoms with Crippen LogP contribution in [-0.2, 0) is 4.74 Å². The lowest BCUT2D eigenvalue weighted by molar-refractivity contribution is -0.173. The van der Waals surface area contributed by atoms with E-state index < -0.39 is 12.8 Å². The van der Waals surface area contributed by atoms with Crippen molar-refractivity contribution in [2.75, 3.05) is 26.9 Å². The molecular formula is C16H18F3NO4. The standard InChI is InChI=1S/C16H18F3NO4/c1-10-14(12-8-11(22-2)4-5-13(12)24-10)15(21)20-6-3-7-23-9-16(17,18)19/h4-5,8H,3,6-7,9H2,1-2H3,(H,20,21). The summed E-state index contributed by atoms with van der Waals surface area (Å²) in [6.07, 6.45) is -4.06. The molecule has 0 radical (unpaired) electrons. The van der Waals surface area contributed by atoms with Crippen LogP contribution in [0.5, 0.6) is 5.75 Å². The number of alkyl halides is 3. The Morgan fingerprint density at radius 1 is 1.33 bits per heavy atom. The first-order chi connectivity index (χ1) is 11.3. The summed E-state index contributed by atoms with van der Waals surface area (Å²) in [5, 5.41) is 3.28. The highest BCUT2D eigenvalue weighted by atomic mass is 19.4. The van der Waals surface area contributed by atoms with Gasteiger partial charge in [-0.05, 0) is 31.5 Å². The number of hydrogen-bond donors (Lipinski definition) is 1. The molecule has 1 aromatic heterocycles. The lowest BCUT2D eigenvalue weighted by atomic mass is 10.1. The molecule has 0 saturated heterocycles. The van der Waals surface area contributed by atoms with Crippen LogP contribution in [0.2, 0.25) is 0 Å². The zero-order chi connectivity index (χ0) is 17.7. The van der Waals surface area contributed by atoms with Crippen LogP contribution >= 0.6 is 0 Å². The Balaban J connectivity index is 1.93. The Bertz CT molecular complexity index is 709. The van der Waals surface area contributed by atoms with Gasteiger partial charge in [0.15, 0.2) is 0 Å². The molecule has 1 N–H and O–H groups in total. The number of halogens is 3. The molecule has 1 heterocycles. The summed E-state index contributed by atoms with van der Waals surface area (Å²) < 4.78 is 50.9. The number of fused-ring (bicyclic) bond motifs is 1. The van der Waals surface area contributed by atoms with Crippen molar-refractivity contribution >= 4 is 16.9 Å². The summed E-state index contributed by atoms with van der Waals surface area (Å²) in [5.41, 5.74) is 0.951. The lowest BCUT2D eigenvalue weighted by Gasteiger charge is -2.08. The van der Waals surface area contributed by atoms with Crippen molar-refractivity contribution in [1.82, 2.24) is 5.32 Å². The number of nitrogens with one attached hydrogen (secondary N) is 1. The van der Waals surface area contributed by atoms with Crippen molar-refractivity contribution < 1.29 is 31.9 Å². The Morgan fingerprint density at radius 2 is 2.08 bits per heavy atom. The van der Waals surface area contributed by atoms with Gasteiger partial charge in [-0.3, -0.25) is 4.79 Å². The SMILES string of the molecule is COc1ccc2oc(C)c(C(=O)NCCCOCC(F)(F)F)c2c1. The minimum Gasteiger partial charge on any atom is -0.497 e. The molecule has 0 spiro atoms. The summed E-state index contributed by atoms with van der Waals surface area (Å²) in [5.74, 6) is 0.706. The van der Waals surface area contributed by atoms with Gasteiger partial charge in [0, 0.05) is 18.5 Å². The van der Waals surface area contributed by atoms with Crippen molar-refractivity contribution in [2.24, 2.45) is 0 Å². The molecule has 132 valence electrons. The van der Waals surface area contributed by atoms with Crippen LogP contribution in [0, 0.1) is 6.92 Å². The van der Waals surface area contributed by atoms with Gasteiger partial charge in [0.2, 0.25) is 0 Å². The van der Waals surface area contributed by atoms with Gasteiger partial charge in [-0.15, -0.1) is 0 Å². The maximum atomic E-state index is 12.3. The van der Waals surface area contributed by atoms with E-state index in [4.69, 9.17) is 9.15 Å². The molecule has 2 rings (SSSR count). The number of rotatable bonds is 7. The maximum absolute atomic E-state index is 12.3. The summed E-state index contributed by atoms with van der Waals surface area (Å²) in [4.78, 5) is 12.3. The topological polar surface area (TPSA) is 60.7 Å². The van der Waals surface area contributed by atoms with Crippen LogP contribution in [-0.4, -0.2) is 39.0 Å². The third kappa shape index (κ3) is 4.64. The van der Waals surface area contributed by atoms with Gasteiger partial charge in [-0.25, -0.2) is 0 Å². The summed E-state index contributed by atoms with van der Waals surface area (Å²) >= 11 is 0. The van der Waals surface area contributed by atoms with Crippen molar-refractivity contribution in [3.05, 3.63) is 29.5 Å². The van der Waals surface area contributed by atoms with E-state index in [0.717, 1.165) is 0 Å². The molecule has 2 aromatic rings. The second-order valence-corrected chi connectivity index (χ2v) is 5.17. The number of ether oxygens (including phenoxy) is 2. The summed E-state index contributed by atoms with van der Waals surface area (Å²) in [7, 11) is 1.52. The number of methoxy groups -OCH3 is 1. The van der Waals surface area contributed by atoms with Gasteiger partial charge in [-0.2, -0.15) is 13.2 Å². The number of hydrogen-bond acceptors (Lipinski definition) is 4. The van der Waals surface area contributed by atoms with E-state index in [-0.39, 0.29) is 25.5 Å². The fourth-order valence-corrected chi connectivity index (χ4v) is 2.26. The molecule has 0 unspecified atom stereocenters. The van der Waals surface area contributed by atoms with Crippen LogP contribution in [0.4, 0.5) is 13.2 Å². The number of carbonyl (C=O) groups is 1. The molecular weight excluding hydrogens is 327 g/mol. The molecule has 1 amide bonds. The second kappa shape index (κ2) is 7.57. The fraction of sp³-hybridized carbons (Fsp3) is 0.438. The quantitative estimate of drug-likeness (QED) is 0.781. The Labute approximate surface area is 136 Å². The summed E-state index contributed by atoms with van der Waals surface area (Å²) in [6.45, 7) is 0.506. The van der Waals surface area contributed by atoms with E-state index in [2.05, 4.69) is 10.1 Å². The third-order valence-corrected chi connectivity index (χ3v) is 3.31. The minimum absolute atomic E-state index is 0.0846. The number of aryl methyl sites for hydroxylation is 1. The predicted molar refractivity (Wildman–Crippen MR) is 81.3 cm³/mol. The maximum Gasteiger partial charge on any atom is 0.411 e. The summed E-state index contributed by atoms with van der Waals surface area (Å²) in [6, 6.07) is 5.14. The van der Waals surface area contributed by atoms with Gasteiger partial charge in [0.05, 0.1) is 12.7 Å². The second-order valence-electron chi connectivity index (χ2n) is 5.17. The normalized spacial score (nSPS) is 11.7. The highest BCUT2D eigenvalue weighted by Crippen LogP contribution is 2.28. The van der Waals surface area contributed by atoms with Crippen molar-refractivity contribution in [3.8, 4) is 5.75 Å². The van der Waals surface area contributed by atoms with Crippen LogP contribution in [0.3, 0.4) is 0 Å². The predicted octanol–water partition coefficient (Wildman–Crippen LogP) is 3.45. The van der Waals surface area contributed by atoms with Crippen molar-refractivity contribution in [2.45, 2.75) is 19.5 Å². The van der Waals surface area contributed by atoms with Gasteiger partial charge in [0.1, 0.15) is 23.7 Å². The Morgan fingerprint density at radius 3 is 2.75 bits per heavy atom. The zero-order valence-electron chi connectivity index (χ0n) is 13.3. The molecule has 5 nitrogen and oxygen atoms in total. The van der Waals surface area contributed by atoms with Gasteiger partial charge in [-0.1, -0.05) is 0 Å². The number of amides is 1. The van der Waals surface area contributed by atoms with Crippen LogP contribution < -0.4 is 10.1 Å². The first-order valence-electron chi connectivity index (χ1n) is 7.31. The van der Waals surface area contributed by atoms with E-state index in [1.807, 2.05) is 0 Å². The van der Waals surface area contributed by atoms with Gasteiger partial charge >= 0.3 is 6.18 Å². The first-order valence-corrected chi connectivity index (χ1v) is 7.31. The van der Waals surface area contributed by atoms with E-state index in [9.17, 15) is 18.0 Å². The van der Waals surface area contributed by atoms with E-state index >= 15 is 0 Å². The average molecular weight is 345 g/mol. The number of furan rings is 1. The number of carbonyl (C=O) groups excluding carboxylic acids is 1. The molecule has 24 heavy (non-hydrogen) atoms. The smallest absolute Gasteiger partial charge is 0.411 e. The van der Waals surface area contributed by atoms with Crippen LogP contribution in [0.15, 0.2) is 22.6 Å². The molecule has 0 aliphatic carbocycles. The molecule has 0 fully saturated rings. The fourth-order valence-electron chi connectivity index (χ4n) is 2.26. The largest absolute Gasteiger partial charge is 0.497 e. The van der Waals surface area contributed by atoms with Crippen molar-refractivity contribution in [1.29, 1.82) is 0 Å². The molecule has 8 heteroatoms. The average Bonchev–Trinajstić information content (AvgIpc) is 2.84. The first kappa shape index (κ1) is 18.1. The third-order valence-electron chi connectivity index (χ3n) is 3.31. The van der Waals surface area contributed by atoms with Crippen LogP contribution in [0.1, 0.15) is 22.5 Å². The van der Waals surface area contributed by atoms with E-state index in [0.29, 0.717) is 28.0 Å².